The van der Waals surface area contributed by atoms with Crippen LogP contribution in [-0.2, 0) is 4.79 Å². The standard InChI is InChI=1S/C22H21N7O3S2/c1-12-8-9-33-19(12)21(30)27-16-11-29-17(26-16)6-7-18(28-29)32-15-5-3-4-14(10-15)25-22(31)20(34-24)13(2)23/h3-11H,23-24H2,1-2H3,(H,25,31)(H,27,30)/b20-13-. The maximum absolute atomic E-state index is 12.4. The Kier molecular flexibility index (Phi) is 6.82. The SMILES string of the molecule is C/C(N)=C(/SN)C(=O)Nc1cccc(Oc2ccc3nc(NC(=O)c4sccc4C)cn3n2)c1. The fraction of sp³-hybridized carbons (Fsp3) is 0.0909. The largest absolute Gasteiger partial charge is 0.438 e. The van der Waals surface area contributed by atoms with E-state index in [4.69, 9.17) is 15.6 Å². The molecule has 1 aromatic carbocycles. The summed E-state index contributed by atoms with van der Waals surface area (Å²) in [4.78, 5) is 30.0. The molecule has 3 aromatic heterocycles. The number of fused-ring (bicyclic) bond motifs is 1. The monoisotopic (exact) mass is 495 g/mol. The number of amides is 2. The van der Waals surface area contributed by atoms with Crippen molar-refractivity contribution in [1.82, 2.24) is 14.6 Å². The number of carbonyl (C=O) groups is 2. The van der Waals surface area contributed by atoms with Gasteiger partial charge in [-0.3, -0.25) is 14.7 Å². The number of imidazole rings is 1. The number of rotatable bonds is 7. The van der Waals surface area contributed by atoms with E-state index in [0.717, 1.165) is 17.5 Å². The van der Waals surface area contributed by atoms with E-state index in [1.807, 2.05) is 18.4 Å². The quantitative estimate of drug-likeness (QED) is 0.223. The molecule has 12 heteroatoms. The van der Waals surface area contributed by atoms with Crippen LogP contribution in [0.2, 0.25) is 0 Å². The number of aromatic nitrogens is 3. The van der Waals surface area contributed by atoms with Crippen LogP contribution in [0.3, 0.4) is 0 Å². The highest BCUT2D eigenvalue weighted by Gasteiger charge is 2.14. The summed E-state index contributed by atoms with van der Waals surface area (Å²) in [6.07, 6.45) is 1.60. The van der Waals surface area contributed by atoms with Crippen LogP contribution in [0.25, 0.3) is 5.65 Å². The van der Waals surface area contributed by atoms with Crippen molar-refractivity contribution in [3.05, 3.63) is 75.1 Å². The lowest BCUT2D eigenvalue weighted by Crippen LogP contribution is -2.17. The smallest absolute Gasteiger partial charge is 0.267 e. The Morgan fingerprint density at radius 2 is 2.00 bits per heavy atom. The fourth-order valence-electron chi connectivity index (χ4n) is 3.03. The summed E-state index contributed by atoms with van der Waals surface area (Å²) >= 11 is 2.16. The minimum absolute atomic E-state index is 0.220. The number of thiophene rings is 1. The van der Waals surface area contributed by atoms with E-state index in [9.17, 15) is 9.59 Å². The van der Waals surface area contributed by atoms with Gasteiger partial charge in [-0.05, 0) is 61.0 Å². The van der Waals surface area contributed by atoms with Crippen LogP contribution < -0.4 is 26.2 Å². The van der Waals surface area contributed by atoms with Gasteiger partial charge in [0, 0.05) is 23.5 Å². The molecule has 2 amide bonds. The molecule has 0 fully saturated rings. The predicted octanol–water partition coefficient (Wildman–Crippen LogP) is 3.88. The molecule has 6 N–H and O–H groups in total. The summed E-state index contributed by atoms with van der Waals surface area (Å²) < 4.78 is 7.36. The topological polar surface area (TPSA) is 150 Å². The highest BCUT2D eigenvalue weighted by atomic mass is 32.2. The zero-order valence-corrected chi connectivity index (χ0v) is 19.9. The van der Waals surface area contributed by atoms with E-state index in [1.54, 1.807) is 49.5 Å². The summed E-state index contributed by atoms with van der Waals surface area (Å²) in [5.74, 6) is 0.513. The maximum Gasteiger partial charge on any atom is 0.267 e. The average Bonchev–Trinajstić information content (AvgIpc) is 3.39. The second-order valence-corrected chi connectivity index (χ2v) is 8.76. The van der Waals surface area contributed by atoms with Crippen molar-refractivity contribution in [2.24, 2.45) is 10.9 Å². The number of hydrogen-bond donors (Lipinski definition) is 4. The summed E-state index contributed by atoms with van der Waals surface area (Å²) in [7, 11) is 0. The molecule has 4 rings (SSSR count). The first-order valence-corrected chi connectivity index (χ1v) is 11.7. The molecular weight excluding hydrogens is 474 g/mol. The van der Waals surface area contributed by atoms with E-state index in [0.29, 0.717) is 39.4 Å². The zero-order chi connectivity index (χ0) is 24.2. The maximum atomic E-state index is 12.4. The molecule has 0 unspecified atom stereocenters. The van der Waals surface area contributed by atoms with Crippen molar-refractivity contribution in [3.63, 3.8) is 0 Å². The van der Waals surface area contributed by atoms with Crippen molar-refractivity contribution in [2.45, 2.75) is 13.8 Å². The van der Waals surface area contributed by atoms with Crippen LogP contribution in [0.4, 0.5) is 11.5 Å². The number of allylic oxidation sites excluding steroid dienone is 1. The van der Waals surface area contributed by atoms with Crippen LogP contribution >= 0.6 is 23.3 Å². The van der Waals surface area contributed by atoms with E-state index in [-0.39, 0.29) is 10.8 Å². The molecule has 0 radical (unpaired) electrons. The molecule has 3 heterocycles. The van der Waals surface area contributed by atoms with Gasteiger partial charge in [0.25, 0.3) is 11.8 Å². The third kappa shape index (κ3) is 5.20. The fourth-order valence-corrected chi connectivity index (χ4v) is 4.19. The highest BCUT2D eigenvalue weighted by Crippen LogP contribution is 2.25. The van der Waals surface area contributed by atoms with Gasteiger partial charge in [0.15, 0.2) is 11.5 Å². The van der Waals surface area contributed by atoms with Gasteiger partial charge in [0.2, 0.25) is 5.88 Å². The summed E-state index contributed by atoms with van der Waals surface area (Å²) in [6.45, 7) is 3.49. The van der Waals surface area contributed by atoms with Gasteiger partial charge >= 0.3 is 0 Å². The average molecular weight is 496 g/mol. The van der Waals surface area contributed by atoms with Crippen molar-refractivity contribution in [2.75, 3.05) is 10.6 Å². The Morgan fingerprint density at radius 1 is 1.18 bits per heavy atom. The van der Waals surface area contributed by atoms with Gasteiger partial charge in [-0.15, -0.1) is 16.4 Å². The molecule has 0 aliphatic heterocycles. The first-order valence-electron chi connectivity index (χ1n) is 9.98. The molecule has 4 aromatic rings. The first kappa shape index (κ1) is 23.3. The number of nitrogens with two attached hydrogens (primary N) is 2. The number of anilines is 2. The molecule has 0 atom stereocenters. The minimum Gasteiger partial charge on any atom is -0.438 e. The number of benzene rings is 1. The molecule has 0 aliphatic carbocycles. The Bertz CT molecular complexity index is 1410. The van der Waals surface area contributed by atoms with E-state index in [2.05, 4.69) is 20.7 Å². The predicted molar refractivity (Wildman–Crippen MR) is 134 cm³/mol. The molecule has 0 bridgehead atoms. The number of hydrogen-bond acceptors (Lipinski definition) is 9. The lowest BCUT2D eigenvalue weighted by Gasteiger charge is -2.10. The van der Waals surface area contributed by atoms with Crippen LogP contribution in [0.15, 0.2) is 64.6 Å². The number of carbonyl (C=O) groups excluding carboxylic acids is 2. The minimum atomic E-state index is -0.407. The van der Waals surface area contributed by atoms with Gasteiger partial charge in [-0.25, -0.2) is 9.50 Å². The number of aryl methyl sites for hydroxylation is 1. The highest BCUT2D eigenvalue weighted by molar-refractivity contribution is 8.01. The van der Waals surface area contributed by atoms with Crippen LogP contribution in [-0.4, -0.2) is 26.4 Å². The Morgan fingerprint density at radius 3 is 2.71 bits per heavy atom. The zero-order valence-electron chi connectivity index (χ0n) is 18.2. The van der Waals surface area contributed by atoms with E-state index < -0.39 is 5.91 Å². The second kappa shape index (κ2) is 9.95. The number of ether oxygens (including phenoxy) is 1. The Labute approximate surface area is 203 Å². The first-order chi connectivity index (χ1) is 16.3. The van der Waals surface area contributed by atoms with Crippen molar-refractivity contribution < 1.29 is 14.3 Å². The van der Waals surface area contributed by atoms with Gasteiger partial charge in [-0.2, -0.15) is 0 Å². The van der Waals surface area contributed by atoms with Crippen molar-refractivity contribution in [1.29, 1.82) is 0 Å². The molecule has 0 saturated carbocycles. The molecule has 174 valence electrons. The number of nitrogens with one attached hydrogen (secondary N) is 2. The Hall–Kier alpha value is -3.87. The molecule has 10 nitrogen and oxygen atoms in total. The van der Waals surface area contributed by atoms with Gasteiger partial charge in [0.1, 0.15) is 10.7 Å². The Balaban J connectivity index is 1.48. The summed E-state index contributed by atoms with van der Waals surface area (Å²) in [5, 5.41) is 17.3. The van der Waals surface area contributed by atoms with E-state index >= 15 is 0 Å². The van der Waals surface area contributed by atoms with Crippen LogP contribution in [0.1, 0.15) is 22.2 Å². The molecule has 0 saturated heterocycles. The van der Waals surface area contributed by atoms with E-state index in [1.165, 1.54) is 15.9 Å². The van der Waals surface area contributed by atoms with Crippen LogP contribution in [0, 0.1) is 6.92 Å². The lowest BCUT2D eigenvalue weighted by molar-refractivity contribution is -0.112. The second-order valence-electron chi connectivity index (χ2n) is 7.20. The molecule has 34 heavy (non-hydrogen) atoms. The van der Waals surface area contributed by atoms with Crippen LogP contribution in [0.5, 0.6) is 11.6 Å². The third-order valence-corrected chi connectivity index (χ3v) is 6.36. The normalized spacial score (nSPS) is 11.7. The van der Waals surface area contributed by atoms with Crippen molar-refractivity contribution >= 4 is 52.3 Å². The molecule has 0 aliphatic rings. The van der Waals surface area contributed by atoms with Crippen molar-refractivity contribution in [3.8, 4) is 11.6 Å². The summed E-state index contributed by atoms with van der Waals surface area (Å²) in [5.41, 5.74) is 7.98. The number of nitrogens with zero attached hydrogens (tertiary/aromatic N) is 3. The molecular formula is C22H21N7O3S2. The lowest BCUT2D eigenvalue weighted by atomic mass is 10.3. The summed E-state index contributed by atoms with van der Waals surface area (Å²) in [6, 6.07) is 12.1. The third-order valence-electron chi connectivity index (χ3n) is 4.60. The van der Waals surface area contributed by atoms with Gasteiger partial charge < -0.3 is 21.1 Å². The van der Waals surface area contributed by atoms with Gasteiger partial charge in [0.05, 0.1) is 11.1 Å². The van der Waals surface area contributed by atoms with Gasteiger partial charge in [-0.1, -0.05) is 6.07 Å². The molecule has 0 spiro atoms.